The van der Waals surface area contributed by atoms with Gasteiger partial charge in [-0.05, 0) is 61.4 Å². The summed E-state index contributed by atoms with van der Waals surface area (Å²) in [4.78, 5) is 4.87. The Morgan fingerprint density at radius 2 is 2.06 bits per heavy atom. The van der Waals surface area contributed by atoms with E-state index in [0.717, 1.165) is 34.7 Å². The van der Waals surface area contributed by atoms with E-state index in [1.165, 1.54) is 35.0 Å². The first kappa shape index (κ1) is 12.3. The van der Waals surface area contributed by atoms with Crippen LogP contribution in [-0.2, 0) is 18.6 Å². The molecule has 0 saturated heterocycles. The molecule has 0 atom stereocenters. The number of halogens is 1. The Labute approximate surface area is 118 Å². The van der Waals surface area contributed by atoms with Crippen LogP contribution in [0.15, 0.2) is 12.1 Å². The minimum atomic E-state index is 0.765. The maximum Gasteiger partial charge on any atom is 0.0738 e. The summed E-state index contributed by atoms with van der Waals surface area (Å²) in [5, 5.41) is 1.98. The van der Waals surface area contributed by atoms with Gasteiger partial charge in [0.15, 0.2) is 0 Å². The molecule has 0 bridgehead atoms. The lowest BCUT2D eigenvalue weighted by Crippen LogP contribution is -2.09. The van der Waals surface area contributed by atoms with Gasteiger partial charge in [-0.3, -0.25) is 4.98 Å². The molecule has 1 aromatic heterocycles. The standard InChI is InChI=1S/C15H16ClNS/c1-9-6-10(16)7-12-13(8-18)11-4-2-3-5-14(11)17-15(9)12/h6-7,18H,2-5,8H2,1H3. The van der Waals surface area contributed by atoms with E-state index in [0.29, 0.717) is 0 Å². The van der Waals surface area contributed by atoms with E-state index < -0.39 is 0 Å². The summed E-state index contributed by atoms with van der Waals surface area (Å²) >= 11 is 10.7. The summed E-state index contributed by atoms with van der Waals surface area (Å²) in [7, 11) is 0. The molecular weight excluding hydrogens is 262 g/mol. The zero-order valence-corrected chi connectivity index (χ0v) is 12.1. The first-order valence-electron chi connectivity index (χ1n) is 6.42. The molecule has 94 valence electrons. The van der Waals surface area contributed by atoms with Crippen LogP contribution in [0.2, 0.25) is 5.02 Å². The highest BCUT2D eigenvalue weighted by Crippen LogP contribution is 2.33. The lowest BCUT2D eigenvalue weighted by molar-refractivity contribution is 0.667. The van der Waals surface area contributed by atoms with Gasteiger partial charge in [-0.15, -0.1) is 0 Å². The molecule has 0 spiro atoms. The molecule has 3 rings (SSSR count). The van der Waals surface area contributed by atoms with Gasteiger partial charge in [0.05, 0.1) is 5.52 Å². The average molecular weight is 278 g/mol. The van der Waals surface area contributed by atoms with Gasteiger partial charge >= 0.3 is 0 Å². The number of fused-ring (bicyclic) bond motifs is 2. The Balaban J connectivity index is 2.40. The number of hydrogen-bond donors (Lipinski definition) is 1. The van der Waals surface area contributed by atoms with Gasteiger partial charge < -0.3 is 0 Å². The molecule has 0 unspecified atom stereocenters. The number of nitrogens with zero attached hydrogens (tertiary/aromatic N) is 1. The van der Waals surface area contributed by atoms with Crippen LogP contribution in [-0.4, -0.2) is 4.98 Å². The second kappa shape index (κ2) is 4.75. The topological polar surface area (TPSA) is 12.9 Å². The molecule has 0 fully saturated rings. The van der Waals surface area contributed by atoms with Gasteiger partial charge in [-0.25, -0.2) is 0 Å². The van der Waals surface area contributed by atoms with E-state index in [1.54, 1.807) is 0 Å². The van der Waals surface area contributed by atoms with Gasteiger partial charge in [0, 0.05) is 21.9 Å². The van der Waals surface area contributed by atoms with Gasteiger partial charge in [0.2, 0.25) is 0 Å². The minimum Gasteiger partial charge on any atom is -0.252 e. The van der Waals surface area contributed by atoms with Crippen molar-refractivity contribution in [1.82, 2.24) is 4.98 Å². The Kier molecular flexibility index (Phi) is 3.25. The molecule has 3 heteroatoms. The number of aryl methyl sites for hydroxylation is 2. The van der Waals surface area contributed by atoms with Crippen LogP contribution in [0.4, 0.5) is 0 Å². The van der Waals surface area contributed by atoms with Crippen molar-refractivity contribution < 1.29 is 0 Å². The number of hydrogen-bond acceptors (Lipinski definition) is 2. The predicted molar refractivity (Wildman–Crippen MR) is 80.8 cm³/mol. The van der Waals surface area contributed by atoms with Crippen molar-refractivity contribution in [2.45, 2.75) is 38.4 Å². The first-order chi connectivity index (χ1) is 8.70. The molecule has 0 amide bonds. The normalized spacial score (nSPS) is 14.8. The Morgan fingerprint density at radius 3 is 2.83 bits per heavy atom. The number of pyridine rings is 1. The number of aromatic nitrogens is 1. The lowest BCUT2D eigenvalue weighted by atomic mass is 9.90. The second-order valence-corrected chi connectivity index (χ2v) is 5.75. The second-order valence-electron chi connectivity index (χ2n) is 5.00. The molecule has 0 radical (unpaired) electrons. The molecule has 1 nitrogen and oxygen atoms in total. The van der Waals surface area contributed by atoms with Crippen molar-refractivity contribution in [3.63, 3.8) is 0 Å². The number of thiol groups is 1. The maximum absolute atomic E-state index is 6.18. The van der Waals surface area contributed by atoms with Crippen LogP contribution >= 0.6 is 24.2 Å². The monoisotopic (exact) mass is 277 g/mol. The highest BCUT2D eigenvalue weighted by Gasteiger charge is 2.18. The average Bonchev–Trinajstić information content (AvgIpc) is 2.36. The molecule has 1 heterocycles. The van der Waals surface area contributed by atoms with Crippen LogP contribution in [0.1, 0.15) is 35.2 Å². The van der Waals surface area contributed by atoms with E-state index >= 15 is 0 Å². The van der Waals surface area contributed by atoms with Crippen molar-refractivity contribution in [3.05, 3.63) is 39.5 Å². The Bertz CT molecular complexity index is 622. The molecule has 0 N–H and O–H groups in total. The van der Waals surface area contributed by atoms with Crippen LogP contribution in [0.5, 0.6) is 0 Å². The molecule has 1 aromatic carbocycles. The van der Waals surface area contributed by atoms with E-state index in [2.05, 4.69) is 19.6 Å². The zero-order valence-electron chi connectivity index (χ0n) is 10.5. The Morgan fingerprint density at radius 1 is 1.28 bits per heavy atom. The summed E-state index contributed by atoms with van der Waals surface area (Å²) < 4.78 is 0. The molecule has 18 heavy (non-hydrogen) atoms. The smallest absolute Gasteiger partial charge is 0.0738 e. The summed E-state index contributed by atoms with van der Waals surface area (Å²) in [5.41, 5.74) is 6.30. The summed E-state index contributed by atoms with van der Waals surface area (Å²) in [6, 6.07) is 4.03. The van der Waals surface area contributed by atoms with Crippen LogP contribution in [0.25, 0.3) is 10.9 Å². The van der Waals surface area contributed by atoms with Gasteiger partial charge in [0.25, 0.3) is 0 Å². The quantitative estimate of drug-likeness (QED) is 0.757. The van der Waals surface area contributed by atoms with Gasteiger partial charge in [-0.1, -0.05) is 11.6 Å². The third kappa shape index (κ3) is 1.92. The Hall–Kier alpha value is -0.730. The highest BCUT2D eigenvalue weighted by atomic mass is 35.5. The van der Waals surface area contributed by atoms with Gasteiger partial charge in [-0.2, -0.15) is 12.6 Å². The van der Waals surface area contributed by atoms with Crippen molar-refractivity contribution in [1.29, 1.82) is 0 Å². The third-order valence-corrected chi connectivity index (χ3v) is 4.33. The van der Waals surface area contributed by atoms with Crippen molar-refractivity contribution in [3.8, 4) is 0 Å². The highest BCUT2D eigenvalue weighted by molar-refractivity contribution is 7.79. The van der Waals surface area contributed by atoms with Crippen molar-refractivity contribution in [2.24, 2.45) is 0 Å². The zero-order chi connectivity index (χ0) is 12.7. The molecule has 2 aromatic rings. The summed E-state index contributed by atoms with van der Waals surface area (Å²) in [5.74, 6) is 0.765. The molecule has 0 saturated carbocycles. The van der Waals surface area contributed by atoms with E-state index in [9.17, 15) is 0 Å². The largest absolute Gasteiger partial charge is 0.252 e. The number of benzene rings is 1. The fourth-order valence-corrected chi connectivity index (χ4v) is 3.56. The number of rotatable bonds is 1. The summed E-state index contributed by atoms with van der Waals surface area (Å²) in [6.45, 7) is 2.08. The van der Waals surface area contributed by atoms with E-state index in [-0.39, 0.29) is 0 Å². The van der Waals surface area contributed by atoms with Crippen molar-refractivity contribution >= 4 is 35.1 Å². The predicted octanol–water partition coefficient (Wildman–Crippen LogP) is 4.51. The molecule has 0 aliphatic heterocycles. The molecule has 1 aliphatic carbocycles. The van der Waals surface area contributed by atoms with Crippen LogP contribution in [0, 0.1) is 6.92 Å². The lowest BCUT2D eigenvalue weighted by Gasteiger charge is -2.20. The fourth-order valence-electron chi connectivity index (χ4n) is 2.93. The van der Waals surface area contributed by atoms with Crippen LogP contribution < -0.4 is 0 Å². The summed E-state index contributed by atoms with van der Waals surface area (Å²) in [6.07, 6.45) is 4.76. The maximum atomic E-state index is 6.18. The fraction of sp³-hybridized carbons (Fsp3) is 0.400. The third-order valence-electron chi connectivity index (χ3n) is 3.80. The van der Waals surface area contributed by atoms with Crippen molar-refractivity contribution in [2.75, 3.05) is 0 Å². The van der Waals surface area contributed by atoms with E-state index in [4.69, 9.17) is 16.6 Å². The van der Waals surface area contributed by atoms with Crippen LogP contribution in [0.3, 0.4) is 0 Å². The SMILES string of the molecule is Cc1cc(Cl)cc2c(CS)c3c(nc12)CCCC3. The minimum absolute atomic E-state index is 0.765. The molecular formula is C15H16ClNS. The molecule has 1 aliphatic rings. The van der Waals surface area contributed by atoms with E-state index in [1.807, 2.05) is 12.1 Å². The van der Waals surface area contributed by atoms with Gasteiger partial charge in [0.1, 0.15) is 0 Å². The first-order valence-corrected chi connectivity index (χ1v) is 7.43.